The monoisotopic (exact) mass is 370 g/mol. The number of carbonyl (C=O) groups excluding carboxylic acids is 2. The molecule has 0 radical (unpaired) electrons. The Morgan fingerprint density at radius 1 is 1.33 bits per heavy atom. The van der Waals surface area contributed by atoms with Crippen LogP contribution in [-0.2, 0) is 21.7 Å². The molecule has 1 atom stereocenters. The molecule has 8 heteroatoms. The molecule has 0 aliphatic carbocycles. The molecule has 2 aromatic rings. The highest BCUT2D eigenvalue weighted by molar-refractivity contribution is 5.94. The van der Waals surface area contributed by atoms with Crippen LogP contribution in [0, 0.1) is 0 Å². The van der Waals surface area contributed by atoms with Gasteiger partial charge in [-0.05, 0) is 18.2 Å². The first-order chi connectivity index (χ1) is 13.0. The molecule has 27 heavy (non-hydrogen) atoms. The highest BCUT2D eigenvalue weighted by Crippen LogP contribution is 2.40. The van der Waals surface area contributed by atoms with Crippen molar-refractivity contribution in [2.75, 3.05) is 20.2 Å². The SMILES string of the molecule is COc1cccc(C(=O)N2CCC3(CC2)O[C@@H](C(N)=O)Cn2ccnc23)c1. The normalized spacial score (nSPS) is 20.9. The molecule has 2 aliphatic rings. The van der Waals surface area contributed by atoms with Crippen molar-refractivity contribution in [3.8, 4) is 5.75 Å². The summed E-state index contributed by atoms with van der Waals surface area (Å²) < 4.78 is 13.2. The average molecular weight is 370 g/mol. The summed E-state index contributed by atoms with van der Waals surface area (Å²) in [5, 5.41) is 0. The summed E-state index contributed by atoms with van der Waals surface area (Å²) in [5.74, 6) is 0.919. The van der Waals surface area contributed by atoms with Gasteiger partial charge in [-0.25, -0.2) is 4.98 Å². The molecule has 0 unspecified atom stereocenters. The zero-order valence-electron chi connectivity index (χ0n) is 15.1. The van der Waals surface area contributed by atoms with Gasteiger partial charge in [0.1, 0.15) is 17.2 Å². The molecule has 2 amide bonds. The maximum Gasteiger partial charge on any atom is 0.253 e. The van der Waals surface area contributed by atoms with E-state index in [9.17, 15) is 9.59 Å². The van der Waals surface area contributed by atoms with Gasteiger partial charge in [0.15, 0.2) is 6.10 Å². The molecule has 1 fully saturated rings. The summed E-state index contributed by atoms with van der Waals surface area (Å²) in [6.45, 7) is 1.39. The van der Waals surface area contributed by atoms with Crippen molar-refractivity contribution in [2.24, 2.45) is 5.73 Å². The van der Waals surface area contributed by atoms with E-state index in [1.54, 1.807) is 36.4 Å². The standard InChI is InChI=1S/C19H22N4O4/c1-26-14-4-2-3-13(11-14)17(25)22-8-5-19(6-9-22)18-21-7-10-23(18)12-15(27-19)16(20)24/h2-4,7,10-11,15H,5-6,8-9,12H2,1H3,(H2,20,24)/t15-/m1/s1. The molecule has 1 spiro atoms. The molecule has 8 nitrogen and oxygen atoms in total. The first kappa shape index (κ1) is 17.5. The number of amides is 2. The third kappa shape index (κ3) is 3.06. The Balaban J connectivity index is 1.53. The van der Waals surface area contributed by atoms with E-state index in [4.69, 9.17) is 15.2 Å². The van der Waals surface area contributed by atoms with Crippen LogP contribution in [0.15, 0.2) is 36.7 Å². The summed E-state index contributed by atoms with van der Waals surface area (Å²) in [6, 6.07) is 7.12. The molecule has 2 aliphatic heterocycles. The van der Waals surface area contributed by atoms with Crippen LogP contribution in [0.2, 0.25) is 0 Å². The van der Waals surface area contributed by atoms with E-state index in [1.165, 1.54) is 0 Å². The van der Waals surface area contributed by atoms with Crippen LogP contribution in [0.4, 0.5) is 0 Å². The van der Waals surface area contributed by atoms with Gasteiger partial charge in [-0.3, -0.25) is 9.59 Å². The van der Waals surface area contributed by atoms with Crippen molar-refractivity contribution >= 4 is 11.8 Å². The number of ether oxygens (including phenoxy) is 2. The smallest absolute Gasteiger partial charge is 0.253 e. The summed E-state index contributed by atoms with van der Waals surface area (Å²) in [5.41, 5.74) is 5.39. The molecule has 1 aromatic carbocycles. The fourth-order valence-corrected chi connectivity index (χ4v) is 3.90. The minimum atomic E-state index is -0.688. The molecule has 142 valence electrons. The number of piperidine rings is 1. The van der Waals surface area contributed by atoms with Crippen molar-refractivity contribution in [3.05, 3.63) is 48.0 Å². The minimum absolute atomic E-state index is 0.0469. The number of aromatic nitrogens is 2. The van der Waals surface area contributed by atoms with Crippen molar-refractivity contribution in [2.45, 2.75) is 31.1 Å². The summed E-state index contributed by atoms with van der Waals surface area (Å²) >= 11 is 0. The first-order valence-electron chi connectivity index (χ1n) is 8.94. The van der Waals surface area contributed by atoms with Gasteiger partial charge in [-0.15, -0.1) is 0 Å². The van der Waals surface area contributed by atoms with Crippen LogP contribution < -0.4 is 10.5 Å². The number of hydrogen-bond donors (Lipinski definition) is 1. The van der Waals surface area contributed by atoms with Gasteiger partial charge in [-0.2, -0.15) is 0 Å². The Labute approximate surface area is 156 Å². The number of imidazole rings is 1. The second-order valence-corrected chi connectivity index (χ2v) is 6.93. The van der Waals surface area contributed by atoms with Crippen molar-refractivity contribution < 1.29 is 19.1 Å². The van der Waals surface area contributed by atoms with E-state index in [-0.39, 0.29) is 5.91 Å². The van der Waals surface area contributed by atoms with Gasteiger partial charge in [-0.1, -0.05) is 6.07 Å². The fourth-order valence-electron chi connectivity index (χ4n) is 3.90. The van der Waals surface area contributed by atoms with Crippen molar-refractivity contribution in [1.82, 2.24) is 14.5 Å². The number of primary amides is 1. The van der Waals surface area contributed by atoms with E-state index in [1.807, 2.05) is 16.8 Å². The molecule has 1 aromatic heterocycles. The molecular weight excluding hydrogens is 348 g/mol. The van der Waals surface area contributed by atoms with Gasteiger partial charge in [0.25, 0.3) is 5.91 Å². The number of carbonyl (C=O) groups is 2. The fraction of sp³-hybridized carbons (Fsp3) is 0.421. The van der Waals surface area contributed by atoms with Gasteiger partial charge in [0.05, 0.1) is 13.7 Å². The van der Waals surface area contributed by atoms with Gasteiger partial charge in [0, 0.05) is 43.9 Å². The van der Waals surface area contributed by atoms with Crippen LogP contribution in [0.3, 0.4) is 0 Å². The Morgan fingerprint density at radius 2 is 2.11 bits per heavy atom. The average Bonchev–Trinajstić information content (AvgIpc) is 3.18. The number of fused-ring (bicyclic) bond motifs is 2. The van der Waals surface area contributed by atoms with Crippen LogP contribution in [0.1, 0.15) is 29.0 Å². The number of nitrogens with two attached hydrogens (primary N) is 1. The maximum absolute atomic E-state index is 12.8. The van der Waals surface area contributed by atoms with E-state index in [2.05, 4.69) is 4.98 Å². The quantitative estimate of drug-likeness (QED) is 0.866. The van der Waals surface area contributed by atoms with Crippen LogP contribution >= 0.6 is 0 Å². The van der Waals surface area contributed by atoms with E-state index < -0.39 is 17.6 Å². The Hall–Kier alpha value is -2.87. The Bertz CT molecular complexity index is 870. The second-order valence-electron chi connectivity index (χ2n) is 6.93. The Morgan fingerprint density at radius 3 is 2.81 bits per heavy atom. The molecule has 4 rings (SSSR count). The first-order valence-corrected chi connectivity index (χ1v) is 8.94. The zero-order chi connectivity index (χ0) is 19.0. The lowest BCUT2D eigenvalue weighted by molar-refractivity contribution is -0.169. The summed E-state index contributed by atoms with van der Waals surface area (Å²) in [4.78, 5) is 30.8. The number of hydrogen-bond acceptors (Lipinski definition) is 5. The lowest BCUT2D eigenvalue weighted by atomic mass is 9.88. The molecule has 2 N–H and O–H groups in total. The predicted molar refractivity (Wildman–Crippen MR) is 96.1 cm³/mol. The zero-order valence-corrected chi connectivity index (χ0v) is 15.1. The van der Waals surface area contributed by atoms with E-state index in [0.29, 0.717) is 43.8 Å². The maximum atomic E-state index is 12.8. The van der Waals surface area contributed by atoms with Gasteiger partial charge in [0.2, 0.25) is 5.91 Å². The second kappa shape index (κ2) is 6.70. The number of nitrogens with zero attached hydrogens (tertiary/aromatic N) is 3. The van der Waals surface area contributed by atoms with Crippen molar-refractivity contribution in [3.63, 3.8) is 0 Å². The third-order valence-corrected chi connectivity index (χ3v) is 5.35. The third-order valence-electron chi connectivity index (χ3n) is 5.35. The number of benzene rings is 1. The lowest BCUT2D eigenvalue weighted by Crippen LogP contribution is -2.54. The number of likely N-dealkylation sites (tertiary alicyclic amines) is 1. The van der Waals surface area contributed by atoms with Crippen molar-refractivity contribution in [1.29, 1.82) is 0 Å². The van der Waals surface area contributed by atoms with Gasteiger partial charge >= 0.3 is 0 Å². The highest BCUT2D eigenvalue weighted by atomic mass is 16.5. The van der Waals surface area contributed by atoms with Gasteiger partial charge < -0.3 is 24.7 Å². The predicted octanol–water partition coefficient (Wildman–Crippen LogP) is 0.907. The summed E-state index contributed by atoms with van der Waals surface area (Å²) in [6.07, 6.45) is 3.97. The highest BCUT2D eigenvalue weighted by Gasteiger charge is 2.47. The largest absolute Gasteiger partial charge is 0.497 e. The van der Waals surface area contributed by atoms with Crippen LogP contribution in [0.25, 0.3) is 0 Å². The number of rotatable bonds is 3. The number of methoxy groups -OCH3 is 1. The lowest BCUT2D eigenvalue weighted by Gasteiger charge is -2.45. The van der Waals surface area contributed by atoms with Crippen LogP contribution in [0.5, 0.6) is 5.75 Å². The minimum Gasteiger partial charge on any atom is -0.497 e. The molecule has 1 saturated heterocycles. The Kier molecular flexibility index (Phi) is 4.35. The summed E-state index contributed by atoms with van der Waals surface area (Å²) in [7, 11) is 1.58. The molecule has 0 saturated carbocycles. The van der Waals surface area contributed by atoms with Crippen LogP contribution in [-0.4, -0.2) is 52.6 Å². The molecular formula is C19H22N4O4. The van der Waals surface area contributed by atoms with E-state index in [0.717, 1.165) is 5.82 Å². The van der Waals surface area contributed by atoms with E-state index >= 15 is 0 Å². The molecule has 3 heterocycles. The molecule has 0 bridgehead atoms. The topological polar surface area (TPSA) is 99.7 Å².